The predicted molar refractivity (Wildman–Crippen MR) is 81.7 cm³/mol. The quantitative estimate of drug-likeness (QED) is 0.777. The van der Waals surface area contributed by atoms with Crippen LogP contribution in [0.25, 0.3) is 0 Å². The number of amides is 2. The molecule has 0 aromatic rings. The van der Waals surface area contributed by atoms with Crippen LogP contribution in [-0.2, 0) is 9.53 Å². The molecule has 21 heavy (non-hydrogen) atoms. The van der Waals surface area contributed by atoms with E-state index in [0.717, 1.165) is 18.6 Å². The maximum Gasteiger partial charge on any atom is 0.329 e. The van der Waals surface area contributed by atoms with Crippen LogP contribution in [0, 0.1) is 0 Å². The number of nitrogens with one attached hydrogen (secondary N) is 1. The number of carboxylic acid groups (broad SMARTS) is 1. The third kappa shape index (κ3) is 4.51. The van der Waals surface area contributed by atoms with E-state index in [1.807, 2.05) is 18.7 Å². The first-order valence-electron chi connectivity index (χ1n) is 7.44. The molecule has 1 aliphatic carbocycles. The summed E-state index contributed by atoms with van der Waals surface area (Å²) in [7, 11) is 0. The van der Waals surface area contributed by atoms with Gasteiger partial charge in [0.1, 0.15) is 12.2 Å². The first-order valence-corrected chi connectivity index (χ1v) is 8.49. The number of hydrogen-bond acceptors (Lipinski definition) is 4. The summed E-state index contributed by atoms with van der Waals surface area (Å²) in [4.78, 5) is 24.3. The highest BCUT2D eigenvalue weighted by Crippen LogP contribution is 2.30. The van der Waals surface area contributed by atoms with Crippen molar-refractivity contribution < 1.29 is 19.4 Å². The van der Waals surface area contributed by atoms with Crippen LogP contribution in [0.15, 0.2) is 0 Å². The lowest BCUT2D eigenvalue weighted by molar-refractivity contribution is -0.159. The molecule has 120 valence electrons. The van der Waals surface area contributed by atoms with E-state index >= 15 is 0 Å². The van der Waals surface area contributed by atoms with Crippen molar-refractivity contribution in [3.8, 4) is 0 Å². The first kappa shape index (κ1) is 16.4. The van der Waals surface area contributed by atoms with Crippen LogP contribution in [0.1, 0.15) is 33.1 Å². The molecule has 2 amide bonds. The lowest BCUT2D eigenvalue weighted by Crippen LogP contribution is -2.65. The van der Waals surface area contributed by atoms with Gasteiger partial charge in [-0.1, -0.05) is 6.92 Å². The first-order chi connectivity index (χ1) is 9.92. The molecule has 6 nitrogen and oxygen atoms in total. The minimum atomic E-state index is -0.982. The Bertz CT molecular complexity index is 398. The topological polar surface area (TPSA) is 78.9 Å². The number of hydrogen-bond donors (Lipinski definition) is 2. The molecule has 2 unspecified atom stereocenters. The summed E-state index contributed by atoms with van der Waals surface area (Å²) in [5.74, 6) is 0.140. The highest BCUT2D eigenvalue weighted by atomic mass is 32.2. The molecule has 7 heteroatoms. The van der Waals surface area contributed by atoms with E-state index < -0.39 is 11.6 Å². The molecule has 0 spiro atoms. The molecule has 2 fully saturated rings. The number of likely N-dealkylation sites (tertiary alicyclic amines) is 1. The van der Waals surface area contributed by atoms with Crippen LogP contribution in [0.4, 0.5) is 4.79 Å². The molecular weight excluding hydrogens is 292 g/mol. The highest BCUT2D eigenvalue weighted by molar-refractivity contribution is 7.99. The second-order valence-corrected chi connectivity index (χ2v) is 7.60. The summed E-state index contributed by atoms with van der Waals surface area (Å²) >= 11 is 1.97. The number of urea groups is 1. The molecule has 0 aromatic carbocycles. The predicted octanol–water partition coefficient (Wildman–Crippen LogP) is 1.55. The minimum Gasteiger partial charge on any atom is -0.480 e. The fourth-order valence-corrected chi connectivity index (χ4v) is 4.10. The molecule has 1 saturated carbocycles. The van der Waals surface area contributed by atoms with Crippen LogP contribution in [0.5, 0.6) is 0 Å². The van der Waals surface area contributed by atoms with E-state index in [1.54, 1.807) is 4.90 Å². The van der Waals surface area contributed by atoms with Gasteiger partial charge in [0.25, 0.3) is 0 Å². The number of ether oxygens (including phenoxy) is 1. The molecule has 1 aliphatic heterocycles. The Kier molecular flexibility index (Phi) is 5.37. The van der Waals surface area contributed by atoms with Gasteiger partial charge >= 0.3 is 12.0 Å². The largest absolute Gasteiger partial charge is 0.480 e. The molecular formula is C14H24N2O4S. The summed E-state index contributed by atoms with van der Waals surface area (Å²) in [5, 5.41) is 12.4. The Balaban J connectivity index is 1.68. The van der Waals surface area contributed by atoms with Gasteiger partial charge < -0.3 is 20.1 Å². The van der Waals surface area contributed by atoms with Crippen LogP contribution in [0.2, 0.25) is 0 Å². The van der Waals surface area contributed by atoms with Gasteiger partial charge in [0.2, 0.25) is 0 Å². The number of aliphatic carboxylic acids is 1. The van der Waals surface area contributed by atoms with E-state index in [9.17, 15) is 9.59 Å². The van der Waals surface area contributed by atoms with Crippen molar-refractivity contribution in [1.82, 2.24) is 10.2 Å². The number of thioether (sulfide) groups is 1. The van der Waals surface area contributed by atoms with Gasteiger partial charge in [-0.25, -0.2) is 9.59 Å². The lowest BCUT2D eigenvalue weighted by atomic mass is 9.97. The third-order valence-corrected chi connectivity index (χ3v) is 5.23. The summed E-state index contributed by atoms with van der Waals surface area (Å²) in [6.07, 6.45) is 3.26. The highest BCUT2D eigenvalue weighted by Gasteiger charge is 2.43. The van der Waals surface area contributed by atoms with Crippen molar-refractivity contribution in [2.45, 2.75) is 50.0 Å². The molecule has 1 heterocycles. The van der Waals surface area contributed by atoms with Gasteiger partial charge in [0, 0.05) is 11.3 Å². The van der Waals surface area contributed by atoms with Crippen LogP contribution < -0.4 is 5.32 Å². The Morgan fingerprint density at radius 3 is 2.76 bits per heavy atom. The van der Waals surface area contributed by atoms with Crippen molar-refractivity contribution in [3.05, 3.63) is 0 Å². The van der Waals surface area contributed by atoms with Crippen LogP contribution >= 0.6 is 11.8 Å². The van der Waals surface area contributed by atoms with Crippen LogP contribution in [0.3, 0.4) is 0 Å². The zero-order valence-corrected chi connectivity index (χ0v) is 13.4. The number of carbonyl (C=O) groups excluding carboxylic acids is 1. The van der Waals surface area contributed by atoms with Crippen molar-refractivity contribution in [1.29, 1.82) is 0 Å². The second kappa shape index (κ2) is 6.87. The molecule has 0 aromatic heterocycles. The molecule has 0 bridgehead atoms. The SMILES string of the molecule is CCSC1CCC(NC(=O)N2CC(C)(OCC(=O)O)C2)C1. The molecule has 1 saturated heterocycles. The van der Waals surface area contributed by atoms with Crippen molar-refractivity contribution >= 4 is 23.8 Å². The van der Waals surface area contributed by atoms with E-state index in [2.05, 4.69) is 12.2 Å². The Labute approximate surface area is 129 Å². The van der Waals surface area contributed by atoms with Crippen molar-refractivity contribution in [2.24, 2.45) is 0 Å². The number of nitrogens with zero attached hydrogens (tertiary/aromatic N) is 1. The number of carboxylic acids is 1. The summed E-state index contributed by atoms with van der Waals surface area (Å²) in [5.41, 5.74) is -0.522. The monoisotopic (exact) mass is 316 g/mol. The maximum atomic E-state index is 12.1. The summed E-state index contributed by atoms with van der Waals surface area (Å²) in [6.45, 7) is 4.58. The van der Waals surface area contributed by atoms with Gasteiger partial charge in [-0.05, 0) is 31.9 Å². The summed E-state index contributed by atoms with van der Waals surface area (Å²) < 4.78 is 5.30. The summed E-state index contributed by atoms with van der Waals surface area (Å²) in [6, 6.07) is 0.215. The zero-order chi connectivity index (χ0) is 15.5. The molecule has 2 rings (SSSR count). The van der Waals surface area contributed by atoms with Gasteiger partial charge in [0.15, 0.2) is 0 Å². The van der Waals surface area contributed by atoms with E-state index in [1.165, 1.54) is 6.42 Å². The Morgan fingerprint density at radius 1 is 1.43 bits per heavy atom. The maximum absolute atomic E-state index is 12.1. The van der Waals surface area contributed by atoms with Gasteiger partial charge in [-0.3, -0.25) is 0 Å². The zero-order valence-electron chi connectivity index (χ0n) is 12.6. The third-order valence-electron chi connectivity index (χ3n) is 4.00. The Hall–Kier alpha value is -0.950. The molecule has 0 radical (unpaired) electrons. The van der Waals surface area contributed by atoms with Gasteiger partial charge in [-0.2, -0.15) is 11.8 Å². The molecule has 2 N–H and O–H groups in total. The normalized spacial score (nSPS) is 27.2. The average molecular weight is 316 g/mol. The van der Waals surface area contributed by atoms with Gasteiger partial charge in [-0.15, -0.1) is 0 Å². The number of carbonyl (C=O) groups is 2. The lowest BCUT2D eigenvalue weighted by Gasteiger charge is -2.47. The van der Waals surface area contributed by atoms with Crippen molar-refractivity contribution in [2.75, 3.05) is 25.4 Å². The fraction of sp³-hybridized carbons (Fsp3) is 0.857. The standard InChI is InChI=1S/C14H24N2O4S/c1-3-21-11-5-4-10(6-11)15-13(19)16-8-14(2,9-16)20-7-12(17)18/h10-11H,3-9H2,1-2H3,(H,15,19)(H,17,18). The van der Waals surface area contributed by atoms with Crippen molar-refractivity contribution in [3.63, 3.8) is 0 Å². The van der Waals surface area contributed by atoms with E-state index in [-0.39, 0.29) is 18.7 Å². The fourth-order valence-electron chi connectivity index (χ4n) is 2.96. The van der Waals surface area contributed by atoms with Crippen LogP contribution in [-0.4, -0.2) is 64.3 Å². The Morgan fingerprint density at radius 2 is 2.14 bits per heavy atom. The van der Waals surface area contributed by atoms with E-state index in [4.69, 9.17) is 9.84 Å². The van der Waals surface area contributed by atoms with E-state index in [0.29, 0.717) is 18.3 Å². The second-order valence-electron chi connectivity index (χ2n) is 6.03. The number of rotatable bonds is 6. The minimum absolute atomic E-state index is 0.0569. The molecule has 2 aliphatic rings. The van der Waals surface area contributed by atoms with Gasteiger partial charge in [0.05, 0.1) is 13.1 Å². The average Bonchev–Trinajstić information content (AvgIpc) is 2.80. The smallest absolute Gasteiger partial charge is 0.329 e. The molecule has 2 atom stereocenters.